The second kappa shape index (κ2) is 59.3. The van der Waals surface area contributed by atoms with Crippen molar-refractivity contribution < 1.29 is 32.9 Å². The molecule has 0 aromatic rings. The van der Waals surface area contributed by atoms with Crippen molar-refractivity contribution in [3.05, 3.63) is 36.5 Å². The Morgan fingerprint density at radius 2 is 0.714 bits per heavy atom. The third-order valence-corrected chi connectivity index (χ3v) is 16.6. The normalized spacial score (nSPS) is 13.9. The molecule has 3 atom stereocenters. The number of aliphatic hydroxyl groups excluding tert-OH is 1. The lowest BCUT2D eigenvalue weighted by Gasteiger charge is -2.25. The number of quaternary nitrogens is 1. The van der Waals surface area contributed by atoms with E-state index in [1.807, 2.05) is 27.2 Å². The number of likely N-dealkylation sites (N-methyl/N-ethyl adjacent to an activating group) is 1. The number of carbonyl (C=O) groups excluding carboxylic acids is 1. The summed E-state index contributed by atoms with van der Waals surface area (Å²) >= 11 is 0. The van der Waals surface area contributed by atoms with Gasteiger partial charge in [0.15, 0.2) is 0 Å². The highest BCUT2D eigenvalue weighted by atomic mass is 31.2. The summed E-state index contributed by atoms with van der Waals surface area (Å²) in [5, 5.41) is 13.9. The van der Waals surface area contributed by atoms with Crippen LogP contribution in [0.15, 0.2) is 36.5 Å². The average molecular weight is 1110 g/mol. The molecule has 456 valence electrons. The van der Waals surface area contributed by atoms with Crippen molar-refractivity contribution in [2.45, 2.75) is 353 Å². The van der Waals surface area contributed by atoms with E-state index in [0.29, 0.717) is 17.4 Å². The van der Waals surface area contributed by atoms with Crippen LogP contribution in [0.2, 0.25) is 0 Å². The number of hydrogen-bond donors (Lipinski definition) is 3. The molecule has 0 fully saturated rings. The molecule has 0 aliphatic heterocycles. The van der Waals surface area contributed by atoms with E-state index in [1.54, 1.807) is 6.08 Å². The fraction of sp³-hybridized carbons (Fsp3) is 0.897. The van der Waals surface area contributed by atoms with Crippen molar-refractivity contribution >= 4 is 13.7 Å². The molecule has 0 aromatic heterocycles. The molecular weight excluding hydrogens is 972 g/mol. The molecule has 0 spiro atoms. The van der Waals surface area contributed by atoms with Crippen molar-refractivity contribution in [3.63, 3.8) is 0 Å². The smallest absolute Gasteiger partial charge is 0.387 e. The minimum atomic E-state index is -4.36. The first-order valence-corrected chi connectivity index (χ1v) is 35.4. The number of phosphoric ester groups is 1. The molecule has 0 rings (SSSR count). The number of unbranched alkanes of at least 4 members (excludes halogenated alkanes) is 46. The van der Waals surface area contributed by atoms with Crippen molar-refractivity contribution in [1.29, 1.82) is 0 Å². The molecular formula is C68H134N2O6P+. The largest absolute Gasteiger partial charge is 0.472 e. The van der Waals surface area contributed by atoms with E-state index < -0.39 is 20.0 Å². The van der Waals surface area contributed by atoms with Gasteiger partial charge in [0.2, 0.25) is 5.91 Å². The molecule has 9 heteroatoms. The fourth-order valence-electron chi connectivity index (χ4n) is 10.3. The van der Waals surface area contributed by atoms with Crippen LogP contribution in [0.4, 0.5) is 0 Å². The number of phosphoric acid groups is 1. The molecule has 0 heterocycles. The summed E-state index contributed by atoms with van der Waals surface area (Å²) in [6.45, 7) is 4.83. The van der Waals surface area contributed by atoms with Gasteiger partial charge in [-0.05, 0) is 44.9 Å². The summed E-state index contributed by atoms with van der Waals surface area (Å²) in [6, 6.07) is -0.868. The van der Waals surface area contributed by atoms with Crippen molar-refractivity contribution in [3.8, 4) is 0 Å². The van der Waals surface area contributed by atoms with Gasteiger partial charge >= 0.3 is 7.82 Å². The van der Waals surface area contributed by atoms with Gasteiger partial charge in [0.25, 0.3) is 0 Å². The second-order valence-electron chi connectivity index (χ2n) is 24.5. The van der Waals surface area contributed by atoms with Gasteiger partial charge in [-0.1, -0.05) is 326 Å². The number of hydrogen-bond acceptors (Lipinski definition) is 5. The Morgan fingerprint density at radius 1 is 0.429 bits per heavy atom. The van der Waals surface area contributed by atoms with Crippen LogP contribution in [-0.2, 0) is 18.4 Å². The maximum absolute atomic E-state index is 13.0. The molecule has 3 N–H and O–H groups in total. The Bertz CT molecular complexity index is 1350. The lowest BCUT2D eigenvalue weighted by atomic mass is 10.0. The van der Waals surface area contributed by atoms with Gasteiger partial charge in [-0.2, -0.15) is 0 Å². The highest BCUT2D eigenvalue weighted by Gasteiger charge is 2.28. The number of rotatable bonds is 63. The van der Waals surface area contributed by atoms with E-state index in [9.17, 15) is 19.4 Å². The summed E-state index contributed by atoms with van der Waals surface area (Å²) < 4.78 is 23.7. The third-order valence-electron chi connectivity index (χ3n) is 15.6. The van der Waals surface area contributed by atoms with Crippen molar-refractivity contribution in [2.75, 3.05) is 40.9 Å². The topological polar surface area (TPSA) is 105 Å². The van der Waals surface area contributed by atoms with Gasteiger partial charge in [0.05, 0.1) is 39.9 Å². The molecule has 8 nitrogen and oxygen atoms in total. The highest BCUT2D eigenvalue weighted by molar-refractivity contribution is 7.47. The SMILES string of the molecule is CCCCCCCCCC/C=C/CC/C=C/CC/C=C/C(O)C(COP(=O)(O)OCC[N+](C)(C)C)NC(=O)CCCCCCCCCCCCCCCCCCCCCCCCCCCCCCCCCCCCCCC. The lowest BCUT2D eigenvalue weighted by molar-refractivity contribution is -0.870. The van der Waals surface area contributed by atoms with Gasteiger partial charge in [0.1, 0.15) is 13.2 Å². The zero-order valence-electron chi connectivity index (χ0n) is 52.2. The minimum absolute atomic E-state index is 0.0552. The lowest BCUT2D eigenvalue weighted by Crippen LogP contribution is -2.45. The van der Waals surface area contributed by atoms with Crippen LogP contribution >= 0.6 is 7.82 Å². The van der Waals surface area contributed by atoms with Crippen LogP contribution in [-0.4, -0.2) is 73.4 Å². The molecule has 77 heavy (non-hydrogen) atoms. The van der Waals surface area contributed by atoms with E-state index in [2.05, 4.69) is 43.5 Å². The highest BCUT2D eigenvalue weighted by Crippen LogP contribution is 2.43. The first kappa shape index (κ1) is 75.7. The molecule has 0 aliphatic carbocycles. The number of carbonyl (C=O) groups is 1. The number of amides is 1. The van der Waals surface area contributed by atoms with Crippen LogP contribution in [0.3, 0.4) is 0 Å². The third kappa shape index (κ3) is 62.2. The minimum Gasteiger partial charge on any atom is -0.387 e. The maximum atomic E-state index is 13.0. The number of nitrogens with zero attached hydrogens (tertiary/aromatic N) is 1. The summed E-state index contributed by atoms with van der Waals surface area (Å²) in [7, 11) is 1.56. The predicted octanol–water partition coefficient (Wildman–Crippen LogP) is 21.3. The summed E-state index contributed by atoms with van der Waals surface area (Å²) in [5.74, 6) is -0.184. The van der Waals surface area contributed by atoms with E-state index in [4.69, 9.17) is 9.05 Å². The molecule has 0 aromatic carbocycles. The molecule has 0 aliphatic rings. The quantitative estimate of drug-likeness (QED) is 0.0243. The van der Waals surface area contributed by atoms with Crippen molar-refractivity contribution in [2.24, 2.45) is 0 Å². The Kier molecular flexibility index (Phi) is 58.4. The number of allylic oxidation sites excluding steroid dienone is 5. The van der Waals surface area contributed by atoms with Crippen molar-refractivity contribution in [1.82, 2.24) is 5.32 Å². The summed E-state index contributed by atoms with van der Waals surface area (Å²) in [6.07, 6.45) is 78.8. The van der Waals surface area contributed by atoms with Crippen LogP contribution in [0.1, 0.15) is 341 Å². The number of nitrogens with one attached hydrogen (secondary N) is 1. The zero-order chi connectivity index (χ0) is 56.3. The molecule has 3 unspecified atom stereocenters. The first-order chi connectivity index (χ1) is 37.5. The van der Waals surface area contributed by atoms with Gasteiger partial charge in [-0.15, -0.1) is 0 Å². The molecule has 0 saturated carbocycles. The van der Waals surface area contributed by atoms with E-state index in [0.717, 1.165) is 44.9 Å². The molecule has 0 saturated heterocycles. The monoisotopic (exact) mass is 1110 g/mol. The van der Waals surface area contributed by atoms with Gasteiger partial charge < -0.3 is 19.8 Å². The maximum Gasteiger partial charge on any atom is 0.472 e. The predicted molar refractivity (Wildman–Crippen MR) is 337 cm³/mol. The van der Waals surface area contributed by atoms with Gasteiger partial charge in [-0.3, -0.25) is 13.8 Å². The Hall–Kier alpha value is -1.28. The van der Waals surface area contributed by atoms with E-state index >= 15 is 0 Å². The summed E-state index contributed by atoms with van der Waals surface area (Å²) in [5.41, 5.74) is 0. The van der Waals surface area contributed by atoms with Crippen LogP contribution in [0.5, 0.6) is 0 Å². The Labute approximate surface area is 480 Å². The second-order valence-corrected chi connectivity index (χ2v) is 26.0. The van der Waals surface area contributed by atoms with Crippen LogP contribution in [0, 0.1) is 0 Å². The molecule has 0 bridgehead atoms. The van der Waals surface area contributed by atoms with E-state index in [1.165, 1.54) is 276 Å². The number of aliphatic hydroxyl groups is 1. The Morgan fingerprint density at radius 3 is 1.04 bits per heavy atom. The fourth-order valence-corrected chi connectivity index (χ4v) is 11.1. The van der Waals surface area contributed by atoms with Gasteiger partial charge in [0, 0.05) is 6.42 Å². The van der Waals surface area contributed by atoms with Crippen LogP contribution < -0.4 is 5.32 Å². The van der Waals surface area contributed by atoms with Gasteiger partial charge in [-0.25, -0.2) is 4.57 Å². The first-order valence-electron chi connectivity index (χ1n) is 33.9. The standard InChI is InChI=1S/C68H133N2O6P/c1-6-8-10-12-14-16-18-20-22-24-26-27-28-29-30-31-32-33-34-35-36-37-38-39-40-41-42-43-44-46-48-50-52-54-56-58-60-62-68(72)69-66(65-76-77(73,74)75-64-63-70(3,4)5)67(71)61-59-57-55-53-51-49-47-45-25-23-21-19-17-15-13-11-9-7-2/h25,45,51,53,59,61,66-67,71H,6-24,26-44,46-50,52,54-58,60,62-65H2,1-5H3,(H-,69,72,73,74)/p+1/b45-25+,53-51+,61-59+. The Balaban J connectivity index is 3.96. The van der Waals surface area contributed by atoms with Crippen LogP contribution in [0.25, 0.3) is 0 Å². The summed E-state index contributed by atoms with van der Waals surface area (Å²) in [4.78, 5) is 23.3. The molecule has 1 amide bonds. The zero-order valence-corrected chi connectivity index (χ0v) is 53.1. The average Bonchev–Trinajstić information content (AvgIpc) is 3.39. The molecule has 0 radical (unpaired) electrons. The van der Waals surface area contributed by atoms with E-state index in [-0.39, 0.29) is 19.1 Å².